The van der Waals surface area contributed by atoms with Gasteiger partial charge in [-0.05, 0) is 14.1 Å². The molecule has 0 aromatic carbocycles. The Morgan fingerprint density at radius 3 is 2.10 bits per heavy atom. The summed E-state index contributed by atoms with van der Waals surface area (Å²) in [6.45, 7) is 1.39. The van der Waals surface area contributed by atoms with Gasteiger partial charge in [-0.15, -0.1) is 0 Å². The van der Waals surface area contributed by atoms with E-state index in [2.05, 4.69) is 10.6 Å². The molecule has 3 N–H and O–H groups in total. The highest BCUT2D eigenvalue weighted by atomic mass is 16.3. The minimum Gasteiger partial charge on any atom is -0.395 e. The highest BCUT2D eigenvalue weighted by molar-refractivity contribution is 5.51. The van der Waals surface area contributed by atoms with Gasteiger partial charge in [-0.25, -0.2) is 0 Å². The second-order valence-corrected chi connectivity index (χ2v) is 1.55. The topological polar surface area (TPSA) is 61.4 Å². The van der Waals surface area contributed by atoms with Crippen molar-refractivity contribution in [2.75, 3.05) is 33.8 Å². The number of likely N-dealkylation sites (N-methyl/N-ethyl adjacent to an activating group) is 2. The van der Waals surface area contributed by atoms with E-state index in [9.17, 15) is 4.79 Å². The molecular formula is C6H18N2O2. The van der Waals surface area contributed by atoms with Crippen molar-refractivity contribution >= 4 is 6.29 Å². The number of aldehydes is 1. The maximum atomic E-state index is 9.34. The van der Waals surface area contributed by atoms with E-state index in [4.69, 9.17) is 5.11 Å². The van der Waals surface area contributed by atoms with Crippen LogP contribution in [0.5, 0.6) is 0 Å². The van der Waals surface area contributed by atoms with E-state index < -0.39 is 0 Å². The highest BCUT2D eigenvalue weighted by Crippen LogP contribution is 1.42. The predicted octanol–water partition coefficient (Wildman–Crippen LogP) is -1.15. The first-order valence-corrected chi connectivity index (χ1v) is 3.17. The van der Waals surface area contributed by atoms with Crippen LogP contribution >= 0.6 is 0 Å². The lowest BCUT2D eigenvalue weighted by Crippen LogP contribution is -2.10. The third-order valence-electron chi connectivity index (χ3n) is 0.649. The Morgan fingerprint density at radius 2 is 2.10 bits per heavy atom. The fraction of sp³-hybridized carbons (Fsp3) is 0.833. The van der Waals surface area contributed by atoms with Gasteiger partial charge in [0.25, 0.3) is 0 Å². The molecule has 0 aliphatic heterocycles. The molecule has 4 heteroatoms. The van der Waals surface area contributed by atoms with Gasteiger partial charge in [-0.3, -0.25) is 0 Å². The zero-order valence-corrected chi connectivity index (χ0v) is 6.55. The summed E-state index contributed by atoms with van der Waals surface area (Å²) in [5.74, 6) is 0. The Labute approximate surface area is 63.1 Å². The predicted molar refractivity (Wildman–Crippen MR) is 43.1 cm³/mol. The summed E-state index contributed by atoms with van der Waals surface area (Å²) < 4.78 is 0. The third kappa shape index (κ3) is 25.7. The van der Waals surface area contributed by atoms with Gasteiger partial charge in [-0.1, -0.05) is 0 Å². The number of aliphatic hydroxyl groups is 1. The van der Waals surface area contributed by atoms with Crippen LogP contribution < -0.4 is 10.6 Å². The second kappa shape index (κ2) is 15.8. The number of carbonyl (C=O) groups is 1. The van der Waals surface area contributed by atoms with Crippen LogP contribution in [0.3, 0.4) is 0 Å². The summed E-state index contributed by atoms with van der Waals surface area (Å²) in [5, 5.41) is 13.4. The SMILES string of the molecule is CNCC=O.CNCCO.[HH]. The van der Waals surface area contributed by atoms with Crippen molar-refractivity contribution in [3.05, 3.63) is 0 Å². The third-order valence-corrected chi connectivity index (χ3v) is 0.649. The Kier molecular flexibility index (Phi) is 19.4. The molecule has 64 valence electrons. The molecule has 0 rings (SSSR count). The van der Waals surface area contributed by atoms with Gasteiger partial charge in [0, 0.05) is 7.97 Å². The Balaban J connectivity index is -0.000000107. The molecule has 0 unspecified atom stereocenters. The molecule has 0 saturated heterocycles. The van der Waals surface area contributed by atoms with Gasteiger partial charge in [0.1, 0.15) is 6.29 Å². The van der Waals surface area contributed by atoms with E-state index in [0.29, 0.717) is 13.1 Å². The lowest BCUT2D eigenvalue weighted by molar-refractivity contribution is -0.107. The van der Waals surface area contributed by atoms with Crippen molar-refractivity contribution in [2.45, 2.75) is 0 Å². The zero-order chi connectivity index (χ0) is 8.24. The standard InChI is InChI=1S/C3H9NO.C3H7NO.H2/c2*1-4-2-3-5;/h4-5H,2-3H2,1H3;3-4H,2H2,1H3;1H. The summed E-state index contributed by atoms with van der Waals surface area (Å²) in [7, 11) is 3.53. The second-order valence-electron chi connectivity index (χ2n) is 1.55. The number of hydrogen-bond acceptors (Lipinski definition) is 4. The molecule has 10 heavy (non-hydrogen) atoms. The average Bonchev–Trinajstić information content (AvgIpc) is 1.93. The first-order chi connectivity index (χ1) is 4.83. The van der Waals surface area contributed by atoms with Gasteiger partial charge >= 0.3 is 0 Å². The molecule has 0 atom stereocenters. The molecule has 0 aromatic rings. The molecule has 0 radical (unpaired) electrons. The number of aliphatic hydroxyl groups excluding tert-OH is 1. The molecule has 0 saturated carbocycles. The molecule has 0 amide bonds. The van der Waals surface area contributed by atoms with Crippen LogP contribution in [0.4, 0.5) is 0 Å². The monoisotopic (exact) mass is 150 g/mol. The Hall–Kier alpha value is -0.450. The number of nitrogens with one attached hydrogen (secondary N) is 2. The van der Waals surface area contributed by atoms with Crippen molar-refractivity contribution in [2.24, 2.45) is 0 Å². The van der Waals surface area contributed by atoms with Crippen molar-refractivity contribution < 1.29 is 11.3 Å². The molecule has 0 aliphatic rings. The molecule has 0 bridgehead atoms. The molecule has 0 aliphatic carbocycles. The molecule has 0 heterocycles. The van der Waals surface area contributed by atoms with Gasteiger partial charge in [0.15, 0.2) is 0 Å². The van der Waals surface area contributed by atoms with Crippen LogP contribution in [-0.2, 0) is 4.79 Å². The Bertz CT molecular complexity index is 62.5. The minimum absolute atomic E-state index is 0. The van der Waals surface area contributed by atoms with E-state index in [1.165, 1.54) is 0 Å². The van der Waals surface area contributed by atoms with Crippen LogP contribution in [0, 0.1) is 0 Å². The lowest BCUT2D eigenvalue weighted by atomic mass is 10.7. The van der Waals surface area contributed by atoms with E-state index in [1.807, 2.05) is 0 Å². The van der Waals surface area contributed by atoms with E-state index >= 15 is 0 Å². The van der Waals surface area contributed by atoms with Crippen molar-refractivity contribution in [1.82, 2.24) is 10.6 Å². The van der Waals surface area contributed by atoms with Crippen LogP contribution in [0.25, 0.3) is 0 Å². The van der Waals surface area contributed by atoms with Gasteiger partial charge < -0.3 is 20.5 Å². The summed E-state index contributed by atoms with van der Waals surface area (Å²) in [5.41, 5.74) is 0. The molecular weight excluding hydrogens is 132 g/mol. The van der Waals surface area contributed by atoms with E-state index in [-0.39, 0.29) is 8.03 Å². The fourth-order valence-electron chi connectivity index (χ4n) is 0.195. The Morgan fingerprint density at radius 1 is 1.50 bits per heavy atom. The average molecular weight is 150 g/mol. The van der Waals surface area contributed by atoms with Crippen LogP contribution in [0.2, 0.25) is 0 Å². The van der Waals surface area contributed by atoms with Crippen LogP contribution in [0.1, 0.15) is 1.43 Å². The fourth-order valence-corrected chi connectivity index (χ4v) is 0.195. The van der Waals surface area contributed by atoms with Crippen LogP contribution in [0.15, 0.2) is 0 Å². The quantitative estimate of drug-likeness (QED) is 0.443. The highest BCUT2D eigenvalue weighted by Gasteiger charge is 1.65. The largest absolute Gasteiger partial charge is 0.395 e. The normalized spacial score (nSPS) is 7.90. The first-order valence-electron chi connectivity index (χ1n) is 3.17. The molecule has 0 aromatic heterocycles. The van der Waals surface area contributed by atoms with Crippen molar-refractivity contribution in [3.63, 3.8) is 0 Å². The van der Waals surface area contributed by atoms with Gasteiger partial charge in [0.05, 0.1) is 13.2 Å². The summed E-state index contributed by atoms with van der Waals surface area (Å²) in [6, 6.07) is 0. The van der Waals surface area contributed by atoms with Crippen molar-refractivity contribution in [3.8, 4) is 0 Å². The summed E-state index contributed by atoms with van der Waals surface area (Å²) >= 11 is 0. The number of hydrogen-bond donors (Lipinski definition) is 3. The maximum absolute atomic E-state index is 9.34. The molecule has 0 spiro atoms. The molecule has 0 fully saturated rings. The van der Waals surface area contributed by atoms with Crippen LogP contribution in [-0.4, -0.2) is 45.2 Å². The van der Waals surface area contributed by atoms with Gasteiger partial charge in [0.2, 0.25) is 0 Å². The maximum Gasteiger partial charge on any atom is 0.133 e. The lowest BCUT2D eigenvalue weighted by Gasteiger charge is -1.84. The number of carbonyl (C=O) groups excluding carboxylic acids is 1. The molecule has 4 nitrogen and oxygen atoms in total. The summed E-state index contributed by atoms with van der Waals surface area (Å²) in [6.07, 6.45) is 0.819. The van der Waals surface area contributed by atoms with E-state index in [0.717, 1.165) is 6.29 Å². The summed E-state index contributed by atoms with van der Waals surface area (Å²) in [4.78, 5) is 9.34. The smallest absolute Gasteiger partial charge is 0.133 e. The van der Waals surface area contributed by atoms with Gasteiger partial charge in [-0.2, -0.15) is 0 Å². The van der Waals surface area contributed by atoms with E-state index in [1.54, 1.807) is 14.1 Å². The minimum atomic E-state index is 0. The first kappa shape index (κ1) is 12.2. The van der Waals surface area contributed by atoms with Crippen molar-refractivity contribution in [1.29, 1.82) is 0 Å². The number of rotatable bonds is 4. The zero-order valence-electron chi connectivity index (χ0n) is 6.55.